The molecule has 2 heterocycles. The van der Waals surface area contributed by atoms with Crippen LogP contribution < -0.4 is 10.5 Å². The molecule has 1 atom stereocenters. The quantitative estimate of drug-likeness (QED) is 0.770. The van der Waals surface area contributed by atoms with Crippen LogP contribution in [0.4, 0.5) is 0 Å². The first-order valence-corrected chi connectivity index (χ1v) is 5.27. The summed E-state index contributed by atoms with van der Waals surface area (Å²) in [6, 6.07) is -0.829. The number of hydrogen-bond acceptors (Lipinski definition) is 6. The SMILES string of the molecule is COc1nccnc1C(=O)C(N)c1cnn(C)c1. The molecule has 2 aromatic heterocycles. The van der Waals surface area contributed by atoms with Crippen molar-refractivity contribution in [2.24, 2.45) is 12.8 Å². The Hall–Kier alpha value is -2.28. The molecule has 0 amide bonds. The van der Waals surface area contributed by atoms with Gasteiger partial charge in [-0.3, -0.25) is 9.48 Å². The maximum atomic E-state index is 12.2. The zero-order valence-electron chi connectivity index (χ0n) is 10.1. The van der Waals surface area contributed by atoms with E-state index in [9.17, 15) is 4.79 Å². The Morgan fingerprint density at radius 1 is 1.44 bits per heavy atom. The largest absolute Gasteiger partial charge is 0.479 e. The molecular formula is C11H13N5O2. The molecule has 0 saturated heterocycles. The molecule has 7 heteroatoms. The molecule has 2 aromatic rings. The molecule has 7 nitrogen and oxygen atoms in total. The first-order chi connectivity index (χ1) is 8.63. The van der Waals surface area contributed by atoms with E-state index in [4.69, 9.17) is 10.5 Å². The number of aromatic nitrogens is 4. The lowest BCUT2D eigenvalue weighted by Gasteiger charge is -2.09. The first-order valence-electron chi connectivity index (χ1n) is 5.27. The van der Waals surface area contributed by atoms with E-state index in [1.165, 1.54) is 19.5 Å². The van der Waals surface area contributed by atoms with Gasteiger partial charge in [0.05, 0.1) is 19.3 Å². The molecule has 2 N–H and O–H groups in total. The van der Waals surface area contributed by atoms with E-state index < -0.39 is 6.04 Å². The Balaban J connectivity index is 2.31. The number of ether oxygens (including phenoxy) is 1. The summed E-state index contributed by atoms with van der Waals surface area (Å²) in [6.45, 7) is 0. The fraction of sp³-hybridized carbons (Fsp3) is 0.273. The Labute approximate surface area is 104 Å². The Morgan fingerprint density at radius 3 is 2.78 bits per heavy atom. The number of carbonyl (C=O) groups excluding carboxylic acids is 1. The lowest BCUT2D eigenvalue weighted by Crippen LogP contribution is -2.23. The van der Waals surface area contributed by atoms with Crippen molar-refractivity contribution in [3.63, 3.8) is 0 Å². The van der Waals surface area contributed by atoms with Crippen molar-refractivity contribution in [2.45, 2.75) is 6.04 Å². The van der Waals surface area contributed by atoms with E-state index in [2.05, 4.69) is 15.1 Å². The molecule has 1 unspecified atom stereocenters. The number of Topliss-reactive ketones (excluding diaryl/α,β-unsaturated/α-hetero) is 1. The highest BCUT2D eigenvalue weighted by Gasteiger charge is 2.24. The van der Waals surface area contributed by atoms with Gasteiger partial charge in [0.25, 0.3) is 0 Å². The van der Waals surface area contributed by atoms with Crippen molar-refractivity contribution in [2.75, 3.05) is 7.11 Å². The molecule has 0 saturated carbocycles. The van der Waals surface area contributed by atoms with Crippen molar-refractivity contribution >= 4 is 5.78 Å². The predicted octanol–water partition coefficient (Wildman–Crippen LogP) is 0.101. The second kappa shape index (κ2) is 4.92. The average molecular weight is 247 g/mol. The van der Waals surface area contributed by atoms with E-state index in [0.29, 0.717) is 5.56 Å². The Kier molecular flexibility index (Phi) is 3.33. The topological polar surface area (TPSA) is 95.9 Å². The molecule has 18 heavy (non-hydrogen) atoms. The third-order valence-electron chi connectivity index (χ3n) is 2.46. The van der Waals surface area contributed by atoms with Crippen LogP contribution in [0.25, 0.3) is 0 Å². The highest BCUT2D eigenvalue weighted by Crippen LogP contribution is 2.19. The third kappa shape index (κ3) is 2.21. The van der Waals surface area contributed by atoms with Crippen LogP contribution in [0, 0.1) is 0 Å². The zero-order valence-corrected chi connectivity index (χ0v) is 10.1. The fourth-order valence-corrected chi connectivity index (χ4v) is 1.54. The maximum absolute atomic E-state index is 12.2. The van der Waals surface area contributed by atoms with Gasteiger partial charge in [-0.05, 0) is 0 Å². The van der Waals surface area contributed by atoms with Gasteiger partial charge in [-0.1, -0.05) is 0 Å². The zero-order chi connectivity index (χ0) is 13.1. The second-order valence-electron chi connectivity index (χ2n) is 3.70. The lowest BCUT2D eigenvalue weighted by atomic mass is 10.1. The highest BCUT2D eigenvalue weighted by atomic mass is 16.5. The van der Waals surface area contributed by atoms with Crippen molar-refractivity contribution in [3.8, 4) is 5.88 Å². The van der Waals surface area contributed by atoms with Crippen LogP contribution >= 0.6 is 0 Å². The van der Waals surface area contributed by atoms with Gasteiger partial charge in [-0.2, -0.15) is 5.10 Å². The van der Waals surface area contributed by atoms with E-state index in [-0.39, 0.29) is 17.4 Å². The standard InChI is InChI=1S/C11H13N5O2/c1-16-6-7(5-15-16)8(12)10(17)9-11(18-2)14-4-3-13-9/h3-6,8H,12H2,1-2H3. The van der Waals surface area contributed by atoms with Gasteiger partial charge in [-0.15, -0.1) is 0 Å². The van der Waals surface area contributed by atoms with Crippen LogP contribution in [0.15, 0.2) is 24.8 Å². The van der Waals surface area contributed by atoms with E-state index in [1.54, 1.807) is 24.1 Å². The van der Waals surface area contributed by atoms with Crippen molar-refractivity contribution < 1.29 is 9.53 Å². The van der Waals surface area contributed by atoms with Gasteiger partial charge in [0.1, 0.15) is 0 Å². The van der Waals surface area contributed by atoms with Crippen LogP contribution in [0.1, 0.15) is 22.1 Å². The number of nitrogens with two attached hydrogens (primary N) is 1. The van der Waals surface area contributed by atoms with Crippen molar-refractivity contribution in [1.29, 1.82) is 0 Å². The molecule has 0 spiro atoms. The molecule has 0 aliphatic carbocycles. The molecule has 0 aliphatic rings. The third-order valence-corrected chi connectivity index (χ3v) is 2.46. The Morgan fingerprint density at radius 2 is 2.17 bits per heavy atom. The molecule has 0 bridgehead atoms. The summed E-state index contributed by atoms with van der Waals surface area (Å²) in [5.41, 5.74) is 6.62. The number of carbonyl (C=O) groups is 1. The van der Waals surface area contributed by atoms with E-state index in [1.807, 2.05) is 0 Å². The van der Waals surface area contributed by atoms with Gasteiger partial charge in [0, 0.05) is 31.2 Å². The molecule has 0 fully saturated rings. The summed E-state index contributed by atoms with van der Waals surface area (Å²) in [5.74, 6) is -0.185. The number of nitrogens with zero attached hydrogens (tertiary/aromatic N) is 4. The second-order valence-corrected chi connectivity index (χ2v) is 3.70. The molecule has 2 rings (SSSR count). The Bertz CT molecular complexity index is 566. The van der Waals surface area contributed by atoms with Gasteiger partial charge in [-0.25, -0.2) is 9.97 Å². The minimum atomic E-state index is -0.829. The summed E-state index contributed by atoms with van der Waals surface area (Å²) in [6.07, 6.45) is 6.10. The first kappa shape index (κ1) is 12.2. The number of rotatable bonds is 4. The van der Waals surface area contributed by atoms with Crippen molar-refractivity contribution in [3.05, 3.63) is 36.0 Å². The molecule has 0 aromatic carbocycles. The molecule has 0 aliphatic heterocycles. The van der Waals surface area contributed by atoms with E-state index >= 15 is 0 Å². The van der Waals surface area contributed by atoms with Crippen LogP contribution in [-0.4, -0.2) is 32.6 Å². The van der Waals surface area contributed by atoms with Gasteiger partial charge in [0.2, 0.25) is 11.7 Å². The minimum absolute atomic E-state index is 0.122. The summed E-state index contributed by atoms with van der Waals surface area (Å²) in [7, 11) is 3.18. The normalized spacial score (nSPS) is 12.2. The molecular weight excluding hydrogens is 234 g/mol. The lowest BCUT2D eigenvalue weighted by molar-refractivity contribution is 0.0952. The van der Waals surface area contributed by atoms with Crippen molar-refractivity contribution in [1.82, 2.24) is 19.7 Å². The summed E-state index contributed by atoms with van der Waals surface area (Å²) in [5, 5.41) is 3.97. The fourth-order valence-electron chi connectivity index (χ4n) is 1.54. The number of methoxy groups -OCH3 is 1. The monoisotopic (exact) mass is 247 g/mol. The number of aryl methyl sites for hydroxylation is 1. The van der Waals surface area contributed by atoms with Gasteiger partial charge >= 0.3 is 0 Å². The van der Waals surface area contributed by atoms with Crippen LogP contribution in [-0.2, 0) is 7.05 Å². The highest BCUT2D eigenvalue weighted by molar-refractivity contribution is 6.00. The van der Waals surface area contributed by atoms with Crippen LogP contribution in [0.3, 0.4) is 0 Å². The number of ketones is 1. The smallest absolute Gasteiger partial charge is 0.243 e. The van der Waals surface area contributed by atoms with Gasteiger partial charge < -0.3 is 10.5 Å². The van der Waals surface area contributed by atoms with Crippen LogP contribution in [0.2, 0.25) is 0 Å². The summed E-state index contributed by atoms with van der Waals surface area (Å²) in [4.78, 5) is 20.1. The number of hydrogen-bond donors (Lipinski definition) is 1. The van der Waals surface area contributed by atoms with E-state index in [0.717, 1.165) is 0 Å². The van der Waals surface area contributed by atoms with Crippen LogP contribution in [0.5, 0.6) is 5.88 Å². The minimum Gasteiger partial charge on any atom is -0.479 e. The van der Waals surface area contributed by atoms with Gasteiger partial charge in [0.15, 0.2) is 5.69 Å². The maximum Gasteiger partial charge on any atom is 0.243 e. The predicted molar refractivity (Wildman–Crippen MR) is 63.1 cm³/mol. The molecule has 94 valence electrons. The summed E-state index contributed by atoms with van der Waals surface area (Å²) >= 11 is 0. The average Bonchev–Trinajstić information content (AvgIpc) is 2.83. The molecule has 0 radical (unpaired) electrons. The summed E-state index contributed by atoms with van der Waals surface area (Å²) < 4.78 is 6.57.